The molecule has 0 heterocycles. The zero-order valence-corrected chi connectivity index (χ0v) is 19.0. The van der Waals surface area contributed by atoms with E-state index in [0.29, 0.717) is 5.56 Å². The minimum absolute atomic E-state index is 0.0698. The van der Waals surface area contributed by atoms with Gasteiger partial charge in [0.15, 0.2) is 0 Å². The maximum absolute atomic E-state index is 13.6. The van der Waals surface area contributed by atoms with Gasteiger partial charge in [-0.15, -0.1) is 0 Å². The maximum Gasteiger partial charge on any atom is 0.392 e. The van der Waals surface area contributed by atoms with Gasteiger partial charge in [-0.25, -0.2) is 0 Å². The van der Waals surface area contributed by atoms with E-state index in [-0.39, 0.29) is 33.5 Å². The Morgan fingerprint density at radius 2 is 1.72 bits per heavy atom. The number of hydrogen-bond acceptors (Lipinski definition) is 3. The third-order valence-corrected chi connectivity index (χ3v) is 5.73. The van der Waals surface area contributed by atoms with Crippen molar-refractivity contribution in [3.8, 4) is 5.75 Å². The fourth-order valence-electron chi connectivity index (χ4n) is 3.17. The van der Waals surface area contributed by atoms with Gasteiger partial charge in [0.25, 0.3) is 0 Å². The Hall–Kier alpha value is -2.45. The topological polar surface area (TPSA) is 75.6 Å². The van der Waals surface area contributed by atoms with Crippen LogP contribution >= 0.6 is 23.2 Å². The first-order valence-corrected chi connectivity index (χ1v) is 10.3. The summed E-state index contributed by atoms with van der Waals surface area (Å²) >= 11 is 12.1. The van der Waals surface area contributed by atoms with Gasteiger partial charge in [0.1, 0.15) is 5.75 Å². The van der Waals surface area contributed by atoms with E-state index < -0.39 is 35.8 Å². The van der Waals surface area contributed by atoms with Gasteiger partial charge in [-0.3, -0.25) is 9.59 Å². The molecule has 2 rings (SSSR count). The van der Waals surface area contributed by atoms with Gasteiger partial charge in [0, 0.05) is 0 Å². The molecular formula is C22H22Cl2F3NO4. The van der Waals surface area contributed by atoms with Crippen molar-refractivity contribution in [1.29, 1.82) is 0 Å². The first kappa shape index (κ1) is 25.8. The van der Waals surface area contributed by atoms with Crippen molar-refractivity contribution >= 4 is 40.8 Å². The molecule has 3 atom stereocenters. The Balaban J connectivity index is 2.42. The van der Waals surface area contributed by atoms with Crippen LogP contribution in [0.15, 0.2) is 36.4 Å². The van der Waals surface area contributed by atoms with Crippen LogP contribution in [0.25, 0.3) is 0 Å². The number of hydrogen-bond donors (Lipinski definition) is 2. The molecule has 0 aliphatic carbocycles. The highest BCUT2D eigenvalue weighted by molar-refractivity contribution is 6.33. The zero-order chi connectivity index (χ0) is 24.2. The number of methoxy groups -OCH3 is 1. The number of ether oxygens (including phenoxy) is 1. The smallest absolute Gasteiger partial charge is 0.392 e. The fraction of sp³-hybridized carbons (Fsp3) is 0.364. The molecule has 0 radical (unpaired) electrons. The van der Waals surface area contributed by atoms with E-state index in [1.165, 1.54) is 44.4 Å². The van der Waals surface area contributed by atoms with Crippen LogP contribution in [0.3, 0.4) is 0 Å². The monoisotopic (exact) mass is 491 g/mol. The average molecular weight is 492 g/mol. The largest absolute Gasteiger partial charge is 0.495 e. The second-order valence-electron chi connectivity index (χ2n) is 7.45. The highest BCUT2D eigenvalue weighted by Gasteiger charge is 2.45. The molecule has 2 N–H and O–H groups in total. The summed E-state index contributed by atoms with van der Waals surface area (Å²) in [4.78, 5) is 24.1. The zero-order valence-electron chi connectivity index (χ0n) is 17.5. The number of aliphatic carboxylic acids is 1. The van der Waals surface area contributed by atoms with Crippen molar-refractivity contribution < 1.29 is 32.6 Å². The number of carbonyl (C=O) groups is 2. The number of halogens is 5. The van der Waals surface area contributed by atoms with Crippen molar-refractivity contribution in [2.75, 3.05) is 12.4 Å². The number of carbonyl (C=O) groups excluding carboxylic acids is 1. The first-order valence-electron chi connectivity index (χ1n) is 9.57. The van der Waals surface area contributed by atoms with E-state index in [2.05, 4.69) is 5.32 Å². The van der Waals surface area contributed by atoms with Crippen LogP contribution in [-0.2, 0) is 16.0 Å². The van der Waals surface area contributed by atoms with Crippen LogP contribution in [0, 0.1) is 11.8 Å². The van der Waals surface area contributed by atoms with E-state index in [4.69, 9.17) is 33.0 Å². The molecule has 2 aromatic carbocycles. The van der Waals surface area contributed by atoms with Crippen LogP contribution in [0.1, 0.15) is 30.9 Å². The maximum atomic E-state index is 13.6. The number of anilines is 1. The fourth-order valence-corrected chi connectivity index (χ4v) is 3.53. The Kier molecular flexibility index (Phi) is 8.42. The number of amides is 1. The van der Waals surface area contributed by atoms with Crippen molar-refractivity contribution in [3.63, 3.8) is 0 Å². The van der Waals surface area contributed by atoms with Crippen molar-refractivity contribution in [2.24, 2.45) is 11.8 Å². The minimum Gasteiger partial charge on any atom is -0.495 e. The molecule has 1 amide bonds. The van der Waals surface area contributed by atoms with Crippen LogP contribution in [0.2, 0.25) is 10.0 Å². The Labute approximate surface area is 193 Å². The number of carboxylic acids is 1. The molecule has 0 bridgehead atoms. The van der Waals surface area contributed by atoms with Crippen LogP contribution in [-0.4, -0.2) is 30.3 Å². The molecule has 2 aromatic rings. The molecule has 5 nitrogen and oxygen atoms in total. The van der Waals surface area contributed by atoms with Gasteiger partial charge in [0.2, 0.25) is 5.91 Å². The normalized spacial score (nSPS) is 14.4. The lowest BCUT2D eigenvalue weighted by Crippen LogP contribution is -2.34. The molecule has 0 fully saturated rings. The second-order valence-corrected chi connectivity index (χ2v) is 8.26. The van der Waals surface area contributed by atoms with Crippen LogP contribution < -0.4 is 10.1 Å². The van der Waals surface area contributed by atoms with E-state index >= 15 is 0 Å². The van der Waals surface area contributed by atoms with Crippen LogP contribution in [0.5, 0.6) is 5.75 Å². The predicted octanol–water partition coefficient (Wildman–Crippen LogP) is 6.19. The molecule has 32 heavy (non-hydrogen) atoms. The Morgan fingerprint density at radius 1 is 1.09 bits per heavy atom. The average Bonchev–Trinajstić information content (AvgIpc) is 2.70. The summed E-state index contributed by atoms with van der Waals surface area (Å²) in [6.07, 6.45) is -4.50. The second kappa shape index (κ2) is 10.4. The summed E-state index contributed by atoms with van der Waals surface area (Å²) in [5.74, 6) is -6.12. The SMILES string of the molecule is COc1cc(C(C(=O)Nc2cc(CC(C)C(=O)O)ccc2Cl)C(C)C(F)(F)F)ccc1Cl. The lowest BCUT2D eigenvalue weighted by molar-refractivity contribution is -0.178. The molecular weight excluding hydrogens is 470 g/mol. The van der Waals surface area contributed by atoms with E-state index in [1.54, 1.807) is 6.07 Å². The number of rotatable bonds is 8. The van der Waals surface area contributed by atoms with Gasteiger partial charge in [-0.2, -0.15) is 13.2 Å². The third-order valence-electron chi connectivity index (χ3n) is 5.09. The van der Waals surface area contributed by atoms with Gasteiger partial charge >= 0.3 is 12.1 Å². The standard InChI is InChI=1S/C22H22Cl2F3NO4/c1-11(21(30)31)8-13-4-6-15(23)17(9-13)28-20(29)19(12(2)22(25,26)27)14-5-7-16(24)18(10-14)32-3/h4-7,9-12,19H,8H2,1-3H3,(H,28,29)(H,30,31). The highest BCUT2D eigenvalue weighted by atomic mass is 35.5. The van der Waals surface area contributed by atoms with Crippen molar-refractivity contribution in [1.82, 2.24) is 0 Å². The van der Waals surface area contributed by atoms with E-state index in [0.717, 1.165) is 6.92 Å². The minimum atomic E-state index is -4.66. The quantitative estimate of drug-likeness (QED) is 0.461. The number of nitrogens with one attached hydrogen (secondary N) is 1. The molecule has 0 saturated heterocycles. The molecule has 3 unspecified atom stereocenters. The van der Waals surface area contributed by atoms with Crippen molar-refractivity contribution in [2.45, 2.75) is 32.4 Å². The van der Waals surface area contributed by atoms with E-state index in [1.807, 2.05) is 0 Å². The molecule has 10 heteroatoms. The predicted molar refractivity (Wildman–Crippen MR) is 117 cm³/mol. The Morgan fingerprint density at radius 3 is 2.28 bits per heavy atom. The Bertz CT molecular complexity index is 998. The summed E-state index contributed by atoms with van der Waals surface area (Å²) in [6.45, 7) is 2.43. The molecule has 0 aliphatic rings. The molecule has 0 aromatic heterocycles. The molecule has 0 aliphatic heterocycles. The molecule has 0 saturated carbocycles. The van der Waals surface area contributed by atoms with Gasteiger partial charge in [-0.05, 0) is 41.8 Å². The van der Waals surface area contributed by atoms with Gasteiger partial charge in [-0.1, -0.05) is 49.2 Å². The van der Waals surface area contributed by atoms with Gasteiger partial charge in [0.05, 0.1) is 40.6 Å². The van der Waals surface area contributed by atoms with E-state index in [9.17, 15) is 22.8 Å². The summed E-state index contributed by atoms with van der Waals surface area (Å²) in [7, 11) is 1.32. The number of alkyl halides is 3. The number of benzene rings is 2. The first-order chi connectivity index (χ1) is 14.8. The van der Waals surface area contributed by atoms with Crippen LogP contribution in [0.4, 0.5) is 18.9 Å². The lowest BCUT2D eigenvalue weighted by atomic mass is 9.85. The third kappa shape index (κ3) is 6.29. The summed E-state index contributed by atoms with van der Waals surface area (Å²) < 4.78 is 45.8. The summed E-state index contributed by atoms with van der Waals surface area (Å²) in [6, 6.07) is 8.49. The lowest BCUT2D eigenvalue weighted by Gasteiger charge is -2.26. The van der Waals surface area contributed by atoms with Gasteiger partial charge < -0.3 is 15.2 Å². The molecule has 174 valence electrons. The summed E-state index contributed by atoms with van der Waals surface area (Å²) in [5.41, 5.74) is 0.723. The van der Waals surface area contributed by atoms with Crippen molar-refractivity contribution in [3.05, 3.63) is 57.6 Å². The highest BCUT2D eigenvalue weighted by Crippen LogP contribution is 2.40. The number of carboxylic acid groups (broad SMARTS) is 1. The summed E-state index contributed by atoms with van der Waals surface area (Å²) in [5, 5.41) is 11.9. The molecule has 0 spiro atoms.